The average Bonchev–Trinajstić information content (AvgIpc) is 2.63. The highest BCUT2D eigenvalue weighted by molar-refractivity contribution is 5.37. The van der Waals surface area contributed by atoms with Crippen LogP contribution in [0.3, 0.4) is 0 Å². The summed E-state index contributed by atoms with van der Waals surface area (Å²) in [5.41, 5.74) is 1.87. The Morgan fingerprint density at radius 1 is 0.840 bits per heavy atom. The van der Waals surface area contributed by atoms with Crippen molar-refractivity contribution in [3.05, 3.63) is 117 Å². The second kappa shape index (κ2) is 8.56. The number of aromatic nitrogens is 1. The summed E-state index contributed by atoms with van der Waals surface area (Å²) < 4.78 is 0. The summed E-state index contributed by atoms with van der Waals surface area (Å²) in [5.74, 6) is 0. The molecule has 0 aliphatic heterocycles. The molecule has 0 spiro atoms. The van der Waals surface area contributed by atoms with E-state index in [9.17, 15) is 5.11 Å². The van der Waals surface area contributed by atoms with Crippen molar-refractivity contribution in [2.75, 3.05) is 0 Å². The fourth-order valence-corrected chi connectivity index (χ4v) is 2.64. The highest BCUT2D eigenvalue weighted by atomic mass is 16.9. The normalized spacial score (nSPS) is 12.4. The Morgan fingerprint density at radius 2 is 1.28 bits per heavy atom. The van der Waals surface area contributed by atoms with Gasteiger partial charge in [-0.15, -0.1) is 0 Å². The van der Waals surface area contributed by atoms with Crippen LogP contribution in [0.25, 0.3) is 0 Å². The lowest BCUT2D eigenvalue weighted by molar-refractivity contribution is -0.402. The molecule has 1 unspecified atom stereocenters. The largest absolute Gasteiger partial charge is 0.380 e. The summed E-state index contributed by atoms with van der Waals surface area (Å²) in [5, 5.41) is 26.1. The van der Waals surface area contributed by atoms with Crippen LogP contribution < -0.4 is 4.98 Å². The fraction of sp³-hybridized carbons (Fsp3) is 0.105. The molecule has 6 heteroatoms. The molecular formula is C19H18N2O4. The number of hydrogen-bond acceptors (Lipinski definition) is 4. The quantitative estimate of drug-likeness (QED) is 0.584. The van der Waals surface area contributed by atoms with E-state index in [2.05, 4.69) is 4.98 Å². The fourth-order valence-electron chi connectivity index (χ4n) is 2.64. The number of hydrogen-bond donors (Lipinski definition) is 1. The number of benzene rings is 2. The topological polar surface area (TPSA) is 101 Å². The molecule has 1 atom stereocenters. The average molecular weight is 338 g/mol. The lowest BCUT2D eigenvalue weighted by Crippen LogP contribution is -2.30. The molecule has 2 N–H and O–H groups in total. The van der Waals surface area contributed by atoms with Crippen molar-refractivity contribution in [1.29, 1.82) is 0 Å². The predicted molar refractivity (Wildman–Crippen MR) is 92.9 cm³/mol. The molecule has 128 valence electrons. The summed E-state index contributed by atoms with van der Waals surface area (Å²) in [6, 6.07) is 23.8. The van der Waals surface area contributed by atoms with Gasteiger partial charge in [0.25, 0.3) is 0 Å². The molecule has 0 fully saturated rings. The van der Waals surface area contributed by atoms with Crippen molar-refractivity contribution >= 4 is 0 Å². The number of rotatable bonds is 4. The molecule has 2 aromatic carbocycles. The van der Waals surface area contributed by atoms with Crippen molar-refractivity contribution in [2.45, 2.75) is 12.0 Å². The summed E-state index contributed by atoms with van der Waals surface area (Å²) in [6.07, 6.45) is 4.23. The van der Waals surface area contributed by atoms with Crippen LogP contribution in [0.4, 0.5) is 0 Å². The highest BCUT2D eigenvalue weighted by Crippen LogP contribution is 2.32. The standard InChI is InChI=1S/C19H17NO.NO3/c21-19(17-9-5-2-6-10-17,18-11-13-20-14-12-18)15-16-7-3-1-4-8-16;2-1(3)4/h1-14,21H,15H2;/q;-1/p+1. The number of aromatic amines is 1. The van der Waals surface area contributed by atoms with Gasteiger partial charge in [-0.2, -0.15) is 0 Å². The minimum Gasteiger partial charge on any atom is -0.380 e. The van der Waals surface area contributed by atoms with Crippen LogP contribution in [0.15, 0.2) is 85.2 Å². The van der Waals surface area contributed by atoms with Crippen LogP contribution >= 0.6 is 0 Å². The van der Waals surface area contributed by atoms with Gasteiger partial charge in [0.1, 0.15) is 5.60 Å². The van der Waals surface area contributed by atoms with Crippen molar-refractivity contribution in [3.8, 4) is 0 Å². The molecule has 1 heterocycles. The van der Waals surface area contributed by atoms with Crippen molar-refractivity contribution in [1.82, 2.24) is 0 Å². The second-order valence-electron chi connectivity index (χ2n) is 5.40. The first-order chi connectivity index (χ1) is 12.0. The lowest BCUT2D eigenvalue weighted by Gasteiger charge is -2.29. The van der Waals surface area contributed by atoms with Gasteiger partial charge in [0.15, 0.2) is 12.4 Å². The van der Waals surface area contributed by atoms with E-state index in [1.54, 1.807) is 0 Å². The van der Waals surface area contributed by atoms with Gasteiger partial charge in [0.05, 0.1) is 5.09 Å². The van der Waals surface area contributed by atoms with Crippen LogP contribution in [-0.2, 0) is 12.0 Å². The maximum absolute atomic E-state index is 11.4. The Kier molecular flexibility index (Phi) is 6.20. The van der Waals surface area contributed by atoms with Gasteiger partial charge in [-0.05, 0) is 11.1 Å². The summed E-state index contributed by atoms with van der Waals surface area (Å²) in [4.78, 5) is 11.3. The molecule has 0 saturated heterocycles. The monoisotopic (exact) mass is 338 g/mol. The number of pyridine rings is 1. The maximum Gasteiger partial charge on any atom is 0.167 e. The first-order valence-electron chi connectivity index (χ1n) is 7.62. The van der Waals surface area contributed by atoms with Gasteiger partial charge < -0.3 is 20.4 Å². The SMILES string of the molecule is O=[N+]([O-])[O-].OC(Cc1ccccc1)(c1ccccc1)c1cc[nH+]cc1. The van der Waals surface area contributed by atoms with Crippen LogP contribution in [0, 0.1) is 15.3 Å². The molecule has 0 aliphatic rings. The molecule has 0 saturated carbocycles. The number of aliphatic hydroxyl groups is 1. The van der Waals surface area contributed by atoms with Gasteiger partial charge in [-0.1, -0.05) is 60.7 Å². The third-order valence-electron chi connectivity index (χ3n) is 3.75. The Balaban J connectivity index is 0.000000511. The summed E-state index contributed by atoms with van der Waals surface area (Å²) >= 11 is 0. The third-order valence-corrected chi connectivity index (χ3v) is 3.75. The highest BCUT2D eigenvalue weighted by Gasteiger charge is 2.32. The number of H-pyrrole nitrogens is 1. The Morgan fingerprint density at radius 3 is 1.80 bits per heavy atom. The molecule has 0 amide bonds. The van der Waals surface area contributed by atoms with E-state index in [-0.39, 0.29) is 0 Å². The minimum atomic E-state index is -1.75. The third kappa shape index (κ3) is 5.12. The molecular weight excluding hydrogens is 320 g/mol. The summed E-state index contributed by atoms with van der Waals surface area (Å²) in [7, 11) is 0. The lowest BCUT2D eigenvalue weighted by atomic mass is 9.82. The van der Waals surface area contributed by atoms with Crippen molar-refractivity contribution in [2.24, 2.45) is 0 Å². The van der Waals surface area contributed by atoms with E-state index >= 15 is 0 Å². The van der Waals surface area contributed by atoms with Crippen LogP contribution in [0.2, 0.25) is 0 Å². The van der Waals surface area contributed by atoms with Crippen LogP contribution in [0.5, 0.6) is 0 Å². The van der Waals surface area contributed by atoms with E-state index in [1.165, 1.54) is 0 Å². The zero-order chi connectivity index (χ0) is 18.1. The van der Waals surface area contributed by atoms with E-state index in [0.29, 0.717) is 6.42 Å². The zero-order valence-corrected chi connectivity index (χ0v) is 13.4. The molecule has 3 rings (SSSR count). The smallest absolute Gasteiger partial charge is 0.167 e. The van der Waals surface area contributed by atoms with Gasteiger partial charge in [-0.3, -0.25) is 0 Å². The van der Waals surface area contributed by atoms with E-state index in [0.717, 1.165) is 16.7 Å². The molecule has 0 aliphatic carbocycles. The number of nitrogens with one attached hydrogen (secondary N) is 1. The van der Waals surface area contributed by atoms with Crippen molar-refractivity contribution in [3.63, 3.8) is 0 Å². The molecule has 25 heavy (non-hydrogen) atoms. The minimum absolute atomic E-state index is 0.544. The van der Waals surface area contributed by atoms with E-state index < -0.39 is 10.7 Å². The molecule has 1 aromatic heterocycles. The molecule has 3 aromatic rings. The van der Waals surface area contributed by atoms with Gasteiger partial charge in [-0.25, -0.2) is 4.98 Å². The Bertz CT molecular complexity index is 737. The first-order valence-corrected chi connectivity index (χ1v) is 7.62. The molecule has 6 nitrogen and oxygen atoms in total. The Hall–Kier alpha value is -3.25. The number of nitrogens with zero attached hydrogens (tertiary/aromatic N) is 1. The van der Waals surface area contributed by atoms with Crippen LogP contribution in [-0.4, -0.2) is 10.2 Å². The Labute approximate surface area is 145 Å². The van der Waals surface area contributed by atoms with E-state index in [4.69, 9.17) is 15.3 Å². The van der Waals surface area contributed by atoms with Gasteiger partial charge in [0, 0.05) is 24.1 Å². The summed E-state index contributed by atoms with van der Waals surface area (Å²) in [6.45, 7) is 0. The first kappa shape index (κ1) is 18.1. The second-order valence-corrected chi connectivity index (χ2v) is 5.40. The van der Waals surface area contributed by atoms with Gasteiger partial charge >= 0.3 is 0 Å². The van der Waals surface area contributed by atoms with Crippen LogP contribution in [0.1, 0.15) is 16.7 Å². The molecule has 0 bridgehead atoms. The molecule has 0 radical (unpaired) electrons. The van der Waals surface area contributed by atoms with E-state index in [1.807, 2.05) is 85.2 Å². The zero-order valence-electron chi connectivity index (χ0n) is 13.4. The maximum atomic E-state index is 11.4. The van der Waals surface area contributed by atoms with Crippen molar-refractivity contribution < 1.29 is 15.2 Å². The van der Waals surface area contributed by atoms with Gasteiger partial charge in [0.2, 0.25) is 0 Å². The predicted octanol–water partition coefficient (Wildman–Crippen LogP) is 2.74.